The minimum absolute atomic E-state index is 0. The summed E-state index contributed by atoms with van der Waals surface area (Å²) in [6.45, 7) is 5.20. The first-order valence-corrected chi connectivity index (χ1v) is 13.4. The lowest BCUT2D eigenvalue weighted by molar-refractivity contribution is -0.122. The van der Waals surface area contributed by atoms with Crippen molar-refractivity contribution in [3.63, 3.8) is 0 Å². The number of benzene rings is 2. The number of aryl methyl sites for hydroxylation is 1. The Labute approximate surface area is 220 Å². The summed E-state index contributed by atoms with van der Waals surface area (Å²) in [6.07, 6.45) is 4.22. The fourth-order valence-corrected chi connectivity index (χ4v) is 3.99. The lowest BCUT2D eigenvalue weighted by atomic mass is 10.2. The maximum atomic E-state index is 14.8. The molecule has 12 heteroatoms. The van der Waals surface area contributed by atoms with Gasteiger partial charge in [0.15, 0.2) is 27.2 Å². The van der Waals surface area contributed by atoms with Crippen molar-refractivity contribution in [1.29, 1.82) is 0 Å². The Kier molecular flexibility index (Phi) is 8.38. The Morgan fingerprint density at radius 3 is 2.58 bits per heavy atom. The van der Waals surface area contributed by atoms with Crippen LogP contribution >= 0.6 is 0 Å². The van der Waals surface area contributed by atoms with Gasteiger partial charge in [-0.15, -0.1) is 0 Å². The van der Waals surface area contributed by atoms with Gasteiger partial charge in [-0.1, -0.05) is 12.1 Å². The van der Waals surface area contributed by atoms with E-state index in [1.54, 1.807) is 24.4 Å². The number of anilines is 2. The monoisotopic (exact) mass is 543 g/mol. The van der Waals surface area contributed by atoms with Crippen LogP contribution in [0.1, 0.15) is 19.4 Å². The smallest absolute Gasteiger partial charge is 0.240 e. The fourth-order valence-electron chi connectivity index (χ4n) is 3.59. The van der Waals surface area contributed by atoms with Crippen LogP contribution in [-0.4, -0.2) is 51.9 Å². The molecule has 38 heavy (non-hydrogen) atoms. The van der Waals surface area contributed by atoms with Crippen molar-refractivity contribution in [2.24, 2.45) is 0 Å². The summed E-state index contributed by atoms with van der Waals surface area (Å²) >= 11 is 0. The molecule has 0 aliphatic rings. The van der Waals surface area contributed by atoms with Crippen LogP contribution in [0.3, 0.4) is 0 Å². The Morgan fingerprint density at radius 2 is 1.89 bits per heavy atom. The molecule has 0 unspecified atom stereocenters. The zero-order valence-corrected chi connectivity index (χ0v) is 22.3. The normalized spacial score (nSPS) is 11.6. The zero-order chi connectivity index (χ0) is 26.8. The number of aromatic nitrogens is 3. The number of rotatable bonds is 9. The molecule has 0 saturated heterocycles. The minimum atomic E-state index is -3.58. The first-order valence-electron chi connectivity index (χ1n) is 11.5. The number of hydrogen-bond acceptors (Lipinski definition) is 7. The van der Waals surface area contributed by atoms with Gasteiger partial charge in [0.2, 0.25) is 5.91 Å². The van der Waals surface area contributed by atoms with E-state index in [0.29, 0.717) is 34.8 Å². The second-order valence-electron chi connectivity index (χ2n) is 9.19. The van der Waals surface area contributed by atoms with E-state index in [9.17, 15) is 17.6 Å². The van der Waals surface area contributed by atoms with Gasteiger partial charge in [0.1, 0.15) is 22.3 Å². The van der Waals surface area contributed by atoms with E-state index in [4.69, 9.17) is 4.74 Å². The number of hydrogen-bond donors (Lipinski definition) is 2. The van der Waals surface area contributed by atoms with Gasteiger partial charge in [-0.2, -0.15) is 0 Å². The highest BCUT2D eigenvalue weighted by atomic mass is 32.2. The van der Waals surface area contributed by atoms with Crippen molar-refractivity contribution in [1.82, 2.24) is 19.9 Å². The number of nitrogens with one attached hydrogen (secondary N) is 2. The number of sulfone groups is 1. The minimum Gasteiger partial charge on any atom is -0.454 e. The number of carbonyl (C=O) groups excluding carboxylic acids is 1. The molecule has 0 aliphatic heterocycles. The Bertz CT molecular complexity index is 1570. The maximum absolute atomic E-state index is 14.8. The number of amides is 1. The Morgan fingerprint density at radius 1 is 1.13 bits per heavy atom. The van der Waals surface area contributed by atoms with Gasteiger partial charge in [-0.3, -0.25) is 4.79 Å². The summed E-state index contributed by atoms with van der Waals surface area (Å²) in [7, 11) is -3.58. The summed E-state index contributed by atoms with van der Waals surface area (Å²) in [6, 6.07) is 13.7. The second kappa shape index (κ2) is 11.2. The molecule has 0 bridgehead atoms. The molecular weight excluding hydrogens is 513 g/mol. The van der Waals surface area contributed by atoms with E-state index < -0.39 is 26.3 Å². The first-order chi connectivity index (χ1) is 17.5. The SMILES string of the molecule is Cc1cccc(Oc2ccc(Nc3ncnc4ccn(CCNC(=O)C(C)(C)S(C)(=O)=O)c34)cc2F)c1.O. The quantitative estimate of drug-likeness (QED) is 0.328. The molecule has 2 heterocycles. The van der Waals surface area contributed by atoms with Crippen LogP contribution in [0.2, 0.25) is 0 Å². The highest BCUT2D eigenvalue weighted by molar-refractivity contribution is 7.92. The zero-order valence-electron chi connectivity index (χ0n) is 21.4. The molecular formula is C26H30FN5O5S. The molecule has 4 aromatic rings. The topological polar surface area (TPSA) is 147 Å². The number of fused-ring (bicyclic) bond motifs is 1. The highest BCUT2D eigenvalue weighted by Crippen LogP contribution is 2.30. The van der Waals surface area contributed by atoms with Gasteiger partial charge in [0, 0.05) is 37.3 Å². The molecule has 0 spiro atoms. The third-order valence-corrected chi connectivity index (χ3v) is 8.11. The van der Waals surface area contributed by atoms with E-state index in [1.807, 2.05) is 29.7 Å². The van der Waals surface area contributed by atoms with E-state index in [1.165, 1.54) is 32.3 Å². The summed E-state index contributed by atoms with van der Waals surface area (Å²) in [5.41, 5.74) is 2.77. The molecule has 0 fully saturated rings. The predicted octanol–water partition coefficient (Wildman–Crippen LogP) is 3.53. The van der Waals surface area contributed by atoms with Crippen molar-refractivity contribution < 1.29 is 27.8 Å². The Hall–Kier alpha value is -4.03. The summed E-state index contributed by atoms with van der Waals surface area (Å²) in [5, 5.41) is 5.80. The van der Waals surface area contributed by atoms with Gasteiger partial charge < -0.3 is 25.4 Å². The summed E-state index contributed by atoms with van der Waals surface area (Å²) in [5.74, 6) is -0.0282. The third kappa shape index (κ3) is 6.09. The predicted molar refractivity (Wildman–Crippen MR) is 144 cm³/mol. The molecule has 0 radical (unpaired) electrons. The van der Waals surface area contributed by atoms with Gasteiger partial charge >= 0.3 is 0 Å². The summed E-state index contributed by atoms with van der Waals surface area (Å²) < 4.78 is 44.6. The second-order valence-corrected chi connectivity index (χ2v) is 11.8. The van der Waals surface area contributed by atoms with Crippen LogP contribution in [0.15, 0.2) is 61.1 Å². The maximum Gasteiger partial charge on any atom is 0.240 e. The number of carbonyl (C=O) groups is 1. The standard InChI is InChI=1S/C26H28FN5O4S.H2O/c1-17-6-5-7-19(14-17)36-22-9-8-18(15-20(22)27)31-24-23-21(29-16-30-24)10-12-32(23)13-11-28-25(33)26(2,3)37(4,34)35;/h5-10,12,14-16H,11,13H2,1-4H3,(H,28,33)(H,29,30,31);1H2. The number of nitrogens with zero attached hydrogens (tertiary/aromatic N) is 3. The molecule has 0 aliphatic carbocycles. The van der Waals surface area contributed by atoms with Crippen LogP contribution in [0, 0.1) is 12.7 Å². The van der Waals surface area contributed by atoms with Crippen LogP contribution in [0.25, 0.3) is 11.0 Å². The van der Waals surface area contributed by atoms with Crippen molar-refractivity contribution in [3.8, 4) is 11.5 Å². The van der Waals surface area contributed by atoms with Gasteiger partial charge in [-0.05, 0) is 56.7 Å². The van der Waals surface area contributed by atoms with E-state index in [0.717, 1.165) is 11.8 Å². The van der Waals surface area contributed by atoms with Crippen LogP contribution in [0.4, 0.5) is 15.9 Å². The lowest BCUT2D eigenvalue weighted by Crippen LogP contribution is -2.48. The van der Waals surface area contributed by atoms with Crippen LogP contribution in [-0.2, 0) is 21.2 Å². The molecule has 2 aromatic heterocycles. The Balaban J connectivity index is 0.00000400. The number of ether oxygens (including phenoxy) is 1. The highest BCUT2D eigenvalue weighted by Gasteiger charge is 2.38. The fraction of sp³-hybridized carbons (Fsp3) is 0.269. The van der Waals surface area contributed by atoms with Gasteiger partial charge in [-0.25, -0.2) is 22.8 Å². The number of halogens is 1. The molecule has 0 saturated carbocycles. The van der Waals surface area contributed by atoms with E-state index in [-0.39, 0.29) is 17.8 Å². The van der Waals surface area contributed by atoms with Crippen molar-refractivity contribution in [2.45, 2.75) is 32.1 Å². The average Bonchev–Trinajstić information content (AvgIpc) is 3.24. The molecule has 4 N–H and O–H groups in total. The first kappa shape index (κ1) is 28.5. The van der Waals surface area contributed by atoms with Gasteiger partial charge in [0.25, 0.3) is 0 Å². The van der Waals surface area contributed by atoms with Crippen molar-refractivity contribution in [3.05, 3.63) is 72.4 Å². The van der Waals surface area contributed by atoms with Crippen molar-refractivity contribution >= 4 is 38.3 Å². The van der Waals surface area contributed by atoms with E-state index >= 15 is 0 Å². The summed E-state index contributed by atoms with van der Waals surface area (Å²) in [4.78, 5) is 21.0. The molecule has 202 valence electrons. The average molecular weight is 544 g/mol. The largest absolute Gasteiger partial charge is 0.454 e. The molecule has 10 nitrogen and oxygen atoms in total. The van der Waals surface area contributed by atoms with Crippen LogP contribution in [0.5, 0.6) is 11.5 Å². The van der Waals surface area contributed by atoms with Crippen LogP contribution < -0.4 is 15.4 Å². The van der Waals surface area contributed by atoms with E-state index in [2.05, 4.69) is 20.6 Å². The third-order valence-electron chi connectivity index (χ3n) is 6.07. The van der Waals surface area contributed by atoms with Crippen molar-refractivity contribution in [2.75, 3.05) is 18.1 Å². The molecule has 4 rings (SSSR count). The van der Waals surface area contributed by atoms with Gasteiger partial charge in [0.05, 0.1) is 5.52 Å². The lowest BCUT2D eigenvalue weighted by Gasteiger charge is -2.21. The molecule has 1 amide bonds. The molecule has 0 atom stereocenters. The molecule has 2 aromatic carbocycles.